The van der Waals surface area contributed by atoms with Gasteiger partial charge in [-0.3, -0.25) is 14.7 Å². The average Bonchev–Trinajstić information content (AvgIpc) is 3.49. The van der Waals surface area contributed by atoms with Gasteiger partial charge < -0.3 is 14.5 Å². The third-order valence-corrected chi connectivity index (χ3v) is 7.73. The molecule has 0 saturated carbocycles. The Bertz CT molecular complexity index is 1500. The maximum absolute atomic E-state index is 13.2. The molecule has 7 nitrogen and oxygen atoms in total. The summed E-state index contributed by atoms with van der Waals surface area (Å²) < 4.78 is 5.56. The fourth-order valence-electron chi connectivity index (χ4n) is 5.83. The van der Waals surface area contributed by atoms with Gasteiger partial charge in [-0.1, -0.05) is 48.5 Å². The van der Waals surface area contributed by atoms with Gasteiger partial charge in [-0.25, -0.2) is 0 Å². The molecule has 7 rings (SSSR count). The molecule has 1 spiro atoms. The molecule has 0 aliphatic carbocycles. The number of nitrogens with one attached hydrogen (secondary N) is 1. The van der Waals surface area contributed by atoms with Crippen LogP contribution in [0.15, 0.2) is 66.7 Å². The number of hydrogen-bond acceptors (Lipinski definition) is 4. The molecule has 4 aromatic rings. The van der Waals surface area contributed by atoms with Gasteiger partial charge in [0.05, 0.1) is 18.5 Å². The summed E-state index contributed by atoms with van der Waals surface area (Å²) in [5.41, 5.74) is 5.79. The Balaban J connectivity index is 0.972. The quantitative estimate of drug-likeness (QED) is 0.485. The molecule has 2 fully saturated rings. The fraction of sp³-hybridized carbons (Fsp3) is 0.276. The minimum absolute atomic E-state index is 0.0314. The van der Waals surface area contributed by atoms with Gasteiger partial charge in [0.15, 0.2) is 5.69 Å². The third kappa shape index (κ3) is 3.46. The van der Waals surface area contributed by atoms with Gasteiger partial charge in [-0.15, -0.1) is 0 Å². The van der Waals surface area contributed by atoms with Crippen LogP contribution < -0.4 is 4.74 Å². The number of rotatable bonds is 4. The molecule has 0 atom stereocenters. The molecule has 4 heterocycles. The molecule has 0 radical (unpaired) electrons. The van der Waals surface area contributed by atoms with E-state index in [1.165, 1.54) is 5.56 Å². The smallest absolute Gasteiger partial charge is 0.275 e. The highest BCUT2D eigenvalue weighted by molar-refractivity contribution is 6.05. The zero-order valence-electron chi connectivity index (χ0n) is 19.9. The molecule has 0 bridgehead atoms. The van der Waals surface area contributed by atoms with Crippen LogP contribution in [0.1, 0.15) is 21.6 Å². The van der Waals surface area contributed by atoms with E-state index < -0.39 is 0 Å². The van der Waals surface area contributed by atoms with Crippen LogP contribution in [0.5, 0.6) is 5.75 Å². The number of carbonyl (C=O) groups is 2. The molecule has 3 aliphatic heterocycles. The molecular formula is C29H26N4O3. The SMILES string of the molecule is O=C(Cc1ccc2c(c1)CCO2)N1CC2(C1)CN(C(=O)c1n[nH]c3cc(-c4ccccc4)ccc13)C2. The van der Waals surface area contributed by atoms with E-state index in [1.807, 2.05) is 58.3 Å². The maximum Gasteiger partial charge on any atom is 0.275 e. The van der Waals surface area contributed by atoms with Gasteiger partial charge in [0, 0.05) is 43.4 Å². The van der Waals surface area contributed by atoms with E-state index in [0.717, 1.165) is 46.4 Å². The number of H-pyrrole nitrogens is 1. The van der Waals surface area contributed by atoms with E-state index in [0.29, 0.717) is 38.3 Å². The monoisotopic (exact) mass is 478 g/mol. The number of benzene rings is 3. The zero-order valence-corrected chi connectivity index (χ0v) is 19.9. The van der Waals surface area contributed by atoms with Gasteiger partial charge in [-0.2, -0.15) is 5.10 Å². The van der Waals surface area contributed by atoms with Crippen molar-refractivity contribution in [2.75, 3.05) is 32.8 Å². The number of aromatic amines is 1. The van der Waals surface area contributed by atoms with Crippen molar-refractivity contribution in [3.05, 3.63) is 83.6 Å². The Kier molecular flexibility index (Phi) is 4.67. The molecule has 1 aromatic heterocycles. The summed E-state index contributed by atoms with van der Waals surface area (Å²) >= 11 is 0. The van der Waals surface area contributed by atoms with Crippen molar-refractivity contribution in [3.8, 4) is 16.9 Å². The lowest BCUT2D eigenvalue weighted by Gasteiger charge is -2.60. The van der Waals surface area contributed by atoms with Crippen LogP contribution in [-0.4, -0.2) is 64.6 Å². The molecule has 1 N–H and O–H groups in total. The Labute approximate surface area is 208 Å². The summed E-state index contributed by atoms with van der Waals surface area (Å²) in [7, 11) is 0. The molecule has 36 heavy (non-hydrogen) atoms. The molecule has 2 saturated heterocycles. The number of aromatic nitrogens is 2. The van der Waals surface area contributed by atoms with Crippen molar-refractivity contribution >= 4 is 22.7 Å². The molecule has 7 heteroatoms. The van der Waals surface area contributed by atoms with E-state index >= 15 is 0 Å². The van der Waals surface area contributed by atoms with Crippen LogP contribution in [0.25, 0.3) is 22.0 Å². The number of carbonyl (C=O) groups excluding carboxylic acids is 2. The van der Waals surface area contributed by atoms with Crippen molar-refractivity contribution < 1.29 is 14.3 Å². The van der Waals surface area contributed by atoms with Crippen LogP contribution in [-0.2, 0) is 17.6 Å². The first-order valence-electron chi connectivity index (χ1n) is 12.4. The summed E-state index contributed by atoms with van der Waals surface area (Å²) in [6, 6.07) is 22.2. The summed E-state index contributed by atoms with van der Waals surface area (Å²) in [4.78, 5) is 29.8. The van der Waals surface area contributed by atoms with Crippen LogP contribution in [0.2, 0.25) is 0 Å². The lowest BCUT2D eigenvalue weighted by molar-refractivity contribution is -0.153. The minimum atomic E-state index is -0.0514. The summed E-state index contributed by atoms with van der Waals surface area (Å²) in [6.45, 7) is 3.49. The Hall–Kier alpha value is -4.13. The lowest BCUT2D eigenvalue weighted by atomic mass is 9.72. The summed E-state index contributed by atoms with van der Waals surface area (Å²) in [5, 5.41) is 8.22. The third-order valence-electron chi connectivity index (χ3n) is 7.73. The first-order chi connectivity index (χ1) is 17.6. The van der Waals surface area contributed by atoms with Gasteiger partial charge >= 0.3 is 0 Å². The highest BCUT2D eigenvalue weighted by atomic mass is 16.5. The highest BCUT2D eigenvalue weighted by Crippen LogP contribution is 2.41. The number of likely N-dealkylation sites (tertiary alicyclic amines) is 2. The van der Waals surface area contributed by atoms with Crippen molar-refractivity contribution in [1.82, 2.24) is 20.0 Å². The molecule has 3 aliphatic rings. The average molecular weight is 479 g/mol. The van der Waals surface area contributed by atoms with Crippen LogP contribution in [0.4, 0.5) is 0 Å². The van der Waals surface area contributed by atoms with E-state index in [-0.39, 0.29) is 17.2 Å². The van der Waals surface area contributed by atoms with Gasteiger partial charge in [0.25, 0.3) is 5.91 Å². The van der Waals surface area contributed by atoms with E-state index in [9.17, 15) is 9.59 Å². The predicted molar refractivity (Wildman–Crippen MR) is 136 cm³/mol. The van der Waals surface area contributed by atoms with Crippen molar-refractivity contribution in [2.24, 2.45) is 5.41 Å². The molecule has 3 aromatic carbocycles. The second-order valence-electron chi connectivity index (χ2n) is 10.3. The van der Waals surface area contributed by atoms with Crippen molar-refractivity contribution in [3.63, 3.8) is 0 Å². The molecule has 0 unspecified atom stereocenters. The van der Waals surface area contributed by atoms with E-state index in [2.05, 4.69) is 28.4 Å². The first-order valence-corrected chi connectivity index (χ1v) is 12.4. The Morgan fingerprint density at radius 1 is 0.917 bits per heavy atom. The normalized spacial score (nSPS) is 17.4. The maximum atomic E-state index is 13.2. The van der Waals surface area contributed by atoms with Gasteiger partial charge in [0.1, 0.15) is 5.75 Å². The molecular weight excluding hydrogens is 452 g/mol. The number of ether oxygens (including phenoxy) is 1. The van der Waals surface area contributed by atoms with Crippen LogP contribution >= 0.6 is 0 Å². The second kappa shape index (κ2) is 7.95. The van der Waals surface area contributed by atoms with E-state index in [4.69, 9.17) is 4.74 Å². The largest absolute Gasteiger partial charge is 0.493 e. The lowest BCUT2D eigenvalue weighted by Crippen LogP contribution is -2.73. The van der Waals surface area contributed by atoms with Crippen molar-refractivity contribution in [1.29, 1.82) is 0 Å². The highest BCUT2D eigenvalue weighted by Gasteiger charge is 2.54. The fourth-order valence-corrected chi connectivity index (χ4v) is 5.83. The standard InChI is InChI=1S/C29H26N4O3/c34-26(13-19-6-9-25-22(12-19)10-11-36-25)32-15-29(16-32)17-33(18-29)28(35)27-23-8-7-21(14-24(23)30-31-27)20-4-2-1-3-5-20/h1-9,12,14H,10-11,13,15-18H2,(H,30,31). The van der Waals surface area contributed by atoms with E-state index in [1.54, 1.807) is 0 Å². The number of amides is 2. The summed E-state index contributed by atoms with van der Waals surface area (Å²) in [5.74, 6) is 1.04. The predicted octanol–water partition coefficient (Wildman–Crippen LogP) is 3.69. The number of fused-ring (bicyclic) bond motifs is 2. The Morgan fingerprint density at radius 3 is 2.56 bits per heavy atom. The molecule has 180 valence electrons. The second-order valence-corrected chi connectivity index (χ2v) is 10.3. The minimum Gasteiger partial charge on any atom is -0.493 e. The summed E-state index contributed by atoms with van der Waals surface area (Å²) in [6.07, 6.45) is 1.32. The van der Waals surface area contributed by atoms with Gasteiger partial charge in [0.2, 0.25) is 5.91 Å². The zero-order chi connectivity index (χ0) is 24.3. The van der Waals surface area contributed by atoms with Gasteiger partial charge in [-0.05, 0) is 40.5 Å². The number of nitrogens with zero attached hydrogens (tertiary/aromatic N) is 3. The Morgan fingerprint density at radius 2 is 1.72 bits per heavy atom. The van der Waals surface area contributed by atoms with Crippen LogP contribution in [0.3, 0.4) is 0 Å². The molecule has 2 amide bonds. The number of hydrogen-bond donors (Lipinski definition) is 1. The van der Waals surface area contributed by atoms with Crippen LogP contribution in [0, 0.1) is 5.41 Å². The first kappa shape index (κ1) is 21.2. The topological polar surface area (TPSA) is 78.5 Å². The van der Waals surface area contributed by atoms with Crippen molar-refractivity contribution in [2.45, 2.75) is 12.8 Å².